The summed E-state index contributed by atoms with van der Waals surface area (Å²) in [5.41, 5.74) is 0. The zero-order chi connectivity index (χ0) is 14.8. The van der Waals surface area contributed by atoms with Crippen LogP contribution >= 0.6 is 15.9 Å². The first-order chi connectivity index (χ1) is 9.45. The van der Waals surface area contributed by atoms with E-state index in [0.29, 0.717) is 19.5 Å². The summed E-state index contributed by atoms with van der Waals surface area (Å²) in [7, 11) is -3.62. The van der Waals surface area contributed by atoms with Crippen LogP contribution in [0.25, 0.3) is 0 Å². The SMILES string of the molecule is O=S(=O)(c1ccc(F)cc1Br)N1CCCC(CCO)C1. The van der Waals surface area contributed by atoms with E-state index >= 15 is 0 Å². The molecule has 1 aliphatic heterocycles. The molecule has 112 valence electrons. The van der Waals surface area contributed by atoms with Gasteiger partial charge in [-0.3, -0.25) is 0 Å². The molecule has 1 aromatic rings. The third kappa shape index (κ3) is 3.39. The van der Waals surface area contributed by atoms with E-state index in [-0.39, 0.29) is 21.9 Å². The van der Waals surface area contributed by atoms with E-state index in [9.17, 15) is 12.8 Å². The van der Waals surface area contributed by atoms with Gasteiger partial charge >= 0.3 is 0 Å². The molecule has 1 aromatic carbocycles. The number of nitrogens with zero attached hydrogens (tertiary/aromatic N) is 1. The number of sulfonamides is 1. The van der Waals surface area contributed by atoms with Crippen molar-refractivity contribution in [3.8, 4) is 0 Å². The van der Waals surface area contributed by atoms with Crippen LogP contribution in [-0.4, -0.2) is 37.5 Å². The Morgan fingerprint density at radius 1 is 1.45 bits per heavy atom. The highest BCUT2D eigenvalue weighted by Gasteiger charge is 2.31. The van der Waals surface area contributed by atoms with Gasteiger partial charge < -0.3 is 5.11 Å². The molecular weight excluding hydrogens is 349 g/mol. The summed E-state index contributed by atoms with van der Waals surface area (Å²) in [5, 5.41) is 8.98. The van der Waals surface area contributed by atoms with Gasteiger partial charge in [0.1, 0.15) is 5.82 Å². The normalized spacial score (nSPS) is 21.1. The first-order valence-corrected chi connectivity index (χ1v) is 8.74. The maximum atomic E-state index is 13.1. The number of benzene rings is 1. The lowest BCUT2D eigenvalue weighted by atomic mass is 9.97. The van der Waals surface area contributed by atoms with Crippen molar-refractivity contribution in [2.45, 2.75) is 24.2 Å². The summed E-state index contributed by atoms with van der Waals surface area (Å²) >= 11 is 3.11. The number of hydrogen-bond donors (Lipinski definition) is 1. The third-order valence-electron chi connectivity index (χ3n) is 3.53. The molecule has 20 heavy (non-hydrogen) atoms. The molecule has 2 rings (SSSR count). The molecule has 4 nitrogen and oxygen atoms in total. The number of piperidine rings is 1. The lowest BCUT2D eigenvalue weighted by Gasteiger charge is -2.31. The van der Waals surface area contributed by atoms with Gasteiger partial charge in [0.2, 0.25) is 10.0 Å². The first-order valence-electron chi connectivity index (χ1n) is 6.51. The lowest BCUT2D eigenvalue weighted by molar-refractivity contribution is 0.203. The van der Waals surface area contributed by atoms with Crippen molar-refractivity contribution >= 4 is 26.0 Å². The van der Waals surface area contributed by atoms with Crippen molar-refractivity contribution in [3.63, 3.8) is 0 Å². The Balaban J connectivity index is 2.25. The molecule has 0 bridgehead atoms. The van der Waals surface area contributed by atoms with Crippen LogP contribution in [0.2, 0.25) is 0 Å². The van der Waals surface area contributed by atoms with Crippen LogP contribution in [0, 0.1) is 11.7 Å². The Morgan fingerprint density at radius 2 is 2.20 bits per heavy atom. The largest absolute Gasteiger partial charge is 0.396 e. The second-order valence-corrected chi connectivity index (χ2v) is 7.72. The topological polar surface area (TPSA) is 57.6 Å². The van der Waals surface area contributed by atoms with Crippen LogP contribution in [0.15, 0.2) is 27.6 Å². The molecule has 1 heterocycles. The second kappa shape index (κ2) is 6.51. The highest BCUT2D eigenvalue weighted by Crippen LogP contribution is 2.29. The fraction of sp³-hybridized carbons (Fsp3) is 0.538. The average Bonchev–Trinajstić information content (AvgIpc) is 2.39. The Hall–Kier alpha value is -0.500. The number of aliphatic hydroxyl groups excluding tert-OH is 1. The highest BCUT2D eigenvalue weighted by molar-refractivity contribution is 9.10. The molecule has 0 aliphatic carbocycles. The minimum atomic E-state index is -3.62. The molecule has 0 saturated carbocycles. The van der Waals surface area contributed by atoms with Gasteiger partial charge in [0.25, 0.3) is 0 Å². The summed E-state index contributed by atoms with van der Waals surface area (Å²) in [6.07, 6.45) is 2.32. The fourth-order valence-electron chi connectivity index (χ4n) is 2.49. The van der Waals surface area contributed by atoms with Gasteiger partial charge in [-0.1, -0.05) is 0 Å². The average molecular weight is 366 g/mol. The van der Waals surface area contributed by atoms with Crippen molar-refractivity contribution in [3.05, 3.63) is 28.5 Å². The van der Waals surface area contributed by atoms with E-state index in [1.807, 2.05) is 0 Å². The van der Waals surface area contributed by atoms with Crippen molar-refractivity contribution in [1.29, 1.82) is 0 Å². The van der Waals surface area contributed by atoms with E-state index < -0.39 is 15.8 Å². The van der Waals surface area contributed by atoms with Gasteiger partial charge in [0.15, 0.2) is 0 Å². The zero-order valence-electron chi connectivity index (χ0n) is 10.9. The summed E-state index contributed by atoms with van der Waals surface area (Å²) in [5.74, 6) is -0.296. The number of halogens is 2. The lowest BCUT2D eigenvalue weighted by Crippen LogP contribution is -2.40. The van der Waals surface area contributed by atoms with E-state index in [1.165, 1.54) is 10.4 Å². The van der Waals surface area contributed by atoms with Crippen LogP contribution in [0.5, 0.6) is 0 Å². The smallest absolute Gasteiger partial charge is 0.244 e. The monoisotopic (exact) mass is 365 g/mol. The molecule has 0 spiro atoms. The molecule has 1 N–H and O–H groups in total. The van der Waals surface area contributed by atoms with E-state index in [1.54, 1.807) is 0 Å². The standard InChI is InChI=1S/C13H17BrFNO3S/c14-12-8-11(15)3-4-13(12)20(18,19)16-6-1-2-10(9-16)5-7-17/h3-4,8,10,17H,1-2,5-7,9H2. The van der Waals surface area contributed by atoms with E-state index in [0.717, 1.165) is 25.0 Å². The first kappa shape index (κ1) is 15.9. The molecular formula is C13H17BrFNO3S. The Labute approximate surface area is 126 Å². The summed E-state index contributed by atoms with van der Waals surface area (Å²) in [6.45, 7) is 0.944. The minimum absolute atomic E-state index is 0.0683. The van der Waals surface area contributed by atoms with Gasteiger partial charge in [0, 0.05) is 24.2 Å². The molecule has 1 atom stereocenters. The van der Waals surface area contributed by atoms with Crippen molar-refractivity contribution in [1.82, 2.24) is 4.31 Å². The summed E-state index contributed by atoms with van der Waals surface area (Å²) in [4.78, 5) is 0.0866. The number of hydrogen-bond acceptors (Lipinski definition) is 3. The van der Waals surface area contributed by atoms with Gasteiger partial charge in [-0.25, -0.2) is 12.8 Å². The Morgan fingerprint density at radius 3 is 2.85 bits per heavy atom. The van der Waals surface area contributed by atoms with Crippen LogP contribution in [0.3, 0.4) is 0 Å². The molecule has 0 aromatic heterocycles. The van der Waals surface area contributed by atoms with Gasteiger partial charge in [-0.05, 0) is 59.3 Å². The maximum Gasteiger partial charge on any atom is 0.244 e. The molecule has 1 fully saturated rings. The molecule has 1 saturated heterocycles. The van der Waals surface area contributed by atoms with E-state index in [2.05, 4.69) is 15.9 Å². The second-order valence-electron chi connectivity index (χ2n) is 4.96. The van der Waals surface area contributed by atoms with Gasteiger partial charge in [-0.2, -0.15) is 4.31 Å². The third-order valence-corrected chi connectivity index (χ3v) is 6.37. The van der Waals surface area contributed by atoms with Crippen LogP contribution < -0.4 is 0 Å². The van der Waals surface area contributed by atoms with Gasteiger partial charge in [-0.15, -0.1) is 0 Å². The predicted octanol–water partition coefficient (Wildman–Crippen LogP) is 2.37. The van der Waals surface area contributed by atoms with Crippen molar-refractivity contribution in [2.75, 3.05) is 19.7 Å². The molecule has 1 aliphatic rings. The van der Waals surface area contributed by atoms with Crippen LogP contribution in [-0.2, 0) is 10.0 Å². The van der Waals surface area contributed by atoms with Crippen LogP contribution in [0.1, 0.15) is 19.3 Å². The zero-order valence-corrected chi connectivity index (χ0v) is 13.3. The van der Waals surface area contributed by atoms with E-state index in [4.69, 9.17) is 5.11 Å². The molecule has 1 unspecified atom stereocenters. The Bertz CT molecular complexity index is 577. The van der Waals surface area contributed by atoms with Crippen molar-refractivity contribution in [2.24, 2.45) is 5.92 Å². The molecule has 0 radical (unpaired) electrons. The molecule has 7 heteroatoms. The van der Waals surface area contributed by atoms with Crippen LogP contribution in [0.4, 0.5) is 4.39 Å². The fourth-order valence-corrected chi connectivity index (χ4v) is 5.05. The van der Waals surface area contributed by atoms with Crippen molar-refractivity contribution < 1.29 is 17.9 Å². The maximum absolute atomic E-state index is 13.1. The Kier molecular flexibility index (Phi) is 5.17. The van der Waals surface area contributed by atoms with Gasteiger partial charge in [0.05, 0.1) is 4.90 Å². The summed E-state index contributed by atoms with van der Waals surface area (Å²) < 4.78 is 39.9. The quantitative estimate of drug-likeness (QED) is 0.890. The minimum Gasteiger partial charge on any atom is -0.396 e. The predicted molar refractivity (Wildman–Crippen MR) is 77.3 cm³/mol. The summed E-state index contributed by atoms with van der Waals surface area (Å²) in [6, 6.07) is 3.58. The number of aliphatic hydroxyl groups is 1. The highest BCUT2D eigenvalue weighted by atomic mass is 79.9. The number of rotatable bonds is 4. The molecule has 0 amide bonds.